The number of anilines is 2. The van der Waals surface area contributed by atoms with E-state index in [-0.39, 0.29) is 11.8 Å². The highest BCUT2D eigenvalue weighted by atomic mass is 16.1. The molecule has 1 aliphatic rings. The molecule has 1 aromatic heterocycles. The molecular formula is C25H33N5O. The van der Waals surface area contributed by atoms with Gasteiger partial charge >= 0.3 is 0 Å². The molecular weight excluding hydrogens is 386 g/mol. The Balaban J connectivity index is 1.35. The quantitative estimate of drug-likeness (QED) is 0.660. The standard InChI is InChI=1S/C25H33N5O/c1-18(2)25(31)26-20-7-10-23-22(17-20)27-24(28(23)4)11-12-29-13-15-30(16-14-29)21-8-5-19(3)6-9-21/h5-10,17-18H,11-16H2,1-4H3,(H,26,31). The summed E-state index contributed by atoms with van der Waals surface area (Å²) in [4.78, 5) is 21.8. The van der Waals surface area contributed by atoms with Gasteiger partial charge in [-0.25, -0.2) is 4.98 Å². The SMILES string of the molecule is Cc1ccc(N2CCN(CCc3nc4cc(NC(=O)C(C)C)ccc4n3C)CC2)cc1. The number of benzene rings is 2. The van der Waals surface area contributed by atoms with Crippen LogP contribution < -0.4 is 10.2 Å². The summed E-state index contributed by atoms with van der Waals surface area (Å²) in [6, 6.07) is 14.8. The van der Waals surface area contributed by atoms with E-state index in [2.05, 4.69) is 57.9 Å². The van der Waals surface area contributed by atoms with Gasteiger partial charge in [-0.1, -0.05) is 31.5 Å². The van der Waals surface area contributed by atoms with Gasteiger partial charge in [-0.2, -0.15) is 0 Å². The Bertz CT molecular complexity index is 1050. The number of carbonyl (C=O) groups excluding carboxylic acids is 1. The molecule has 31 heavy (non-hydrogen) atoms. The summed E-state index contributed by atoms with van der Waals surface area (Å²) in [5.74, 6) is 1.07. The molecule has 2 aromatic carbocycles. The molecule has 0 saturated carbocycles. The maximum atomic E-state index is 12.0. The molecule has 0 spiro atoms. The molecule has 164 valence electrons. The van der Waals surface area contributed by atoms with Crippen LogP contribution in [0.25, 0.3) is 11.0 Å². The van der Waals surface area contributed by atoms with Gasteiger partial charge < -0.3 is 14.8 Å². The second-order valence-corrected chi connectivity index (χ2v) is 8.85. The van der Waals surface area contributed by atoms with Crippen molar-refractivity contribution in [2.24, 2.45) is 13.0 Å². The topological polar surface area (TPSA) is 53.4 Å². The number of hydrogen-bond donors (Lipinski definition) is 1. The molecule has 0 atom stereocenters. The fourth-order valence-electron chi connectivity index (χ4n) is 4.08. The molecule has 1 N–H and O–H groups in total. The molecule has 1 fully saturated rings. The van der Waals surface area contributed by atoms with Crippen molar-refractivity contribution in [3.05, 3.63) is 53.9 Å². The highest BCUT2D eigenvalue weighted by molar-refractivity contribution is 5.94. The molecule has 0 unspecified atom stereocenters. The first kappa shape index (κ1) is 21.4. The van der Waals surface area contributed by atoms with Gasteiger partial charge in [-0.05, 0) is 37.3 Å². The summed E-state index contributed by atoms with van der Waals surface area (Å²) < 4.78 is 2.17. The van der Waals surface area contributed by atoms with Gasteiger partial charge in [-0.3, -0.25) is 9.69 Å². The van der Waals surface area contributed by atoms with Crippen LogP contribution in [-0.4, -0.2) is 53.1 Å². The third-order valence-corrected chi connectivity index (χ3v) is 6.19. The van der Waals surface area contributed by atoms with E-state index in [1.54, 1.807) is 0 Å². The van der Waals surface area contributed by atoms with E-state index >= 15 is 0 Å². The summed E-state index contributed by atoms with van der Waals surface area (Å²) in [5.41, 5.74) is 5.47. The van der Waals surface area contributed by atoms with E-state index in [4.69, 9.17) is 4.98 Å². The summed E-state index contributed by atoms with van der Waals surface area (Å²) in [6.07, 6.45) is 0.920. The zero-order valence-corrected chi connectivity index (χ0v) is 19.1. The van der Waals surface area contributed by atoms with Gasteiger partial charge in [0.25, 0.3) is 0 Å². The third kappa shape index (κ3) is 4.90. The lowest BCUT2D eigenvalue weighted by atomic mass is 10.2. The minimum absolute atomic E-state index is 0.0280. The lowest BCUT2D eigenvalue weighted by Gasteiger charge is -2.36. The van der Waals surface area contributed by atoms with E-state index in [1.807, 2.05) is 32.0 Å². The fourth-order valence-corrected chi connectivity index (χ4v) is 4.08. The Hall–Kier alpha value is -2.86. The van der Waals surface area contributed by atoms with Crippen molar-refractivity contribution in [1.82, 2.24) is 14.5 Å². The minimum atomic E-state index is -0.0403. The second kappa shape index (κ2) is 9.10. The summed E-state index contributed by atoms with van der Waals surface area (Å²) in [7, 11) is 2.08. The normalized spacial score (nSPS) is 15.1. The lowest BCUT2D eigenvalue weighted by Crippen LogP contribution is -2.47. The maximum Gasteiger partial charge on any atom is 0.226 e. The predicted octanol–water partition coefficient (Wildman–Crippen LogP) is 3.84. The second-order valence-electron chi connectivity index (χ2n) is 8.85. The molecule has 2 heterocycles. The van der Waals surface area contributed by atoms with Crippen LogP contribution in [0.3, 0.4) is 0 Å². The molecule has 1 aliphatic heterocycles. The molecule has 0 bridgehead atoms. The molecule has 6 nitrogen and oxygen atoms in total. The highest BCUT2D eigenvalue weighted by Gasteiger charge is 2.18. The van der Waals surface area contributed by atoms with Crippen LogP contribution in [0, 0.1) is 12.8 Å². The van der Waals surface area contributed by atoms with Gasteiger partial charge in [0.15, 0.2) is 0 Å². The Morgan fingerprint density at radius 1 is 1.06 bits per heavy atom. The number of aryl methyl sites for hydroxylation is 2. The Labute approximate surface area is 184 Å². The number of rotatable bonds is 6. The average molecular weight is 420 g/mol. The number of imidazole rings is 1. The monoisotopic (exact) mass is 419 g/mol. The van der Waals surface area contributed by atoms with Crippen LogP contribution in [0.1, 0.15) is 25.2 Å². The molecule has 0 aliphatic carbocycles. The van der Waals surface area contributed by atoms with Crippen molar-refractivity contribution >= 4 is 28.3 Å². The summed E-state index contributed by atoms with van der Waals surface area (Å²) in [5, 5.41) is 2.97. The molecule has 1 saturated heterocycles. The maximum absolute atomic E-state index is 12.0. The van der Waals surface area contributed by atoms with Gasteiger partial charge in [-0.15, -0.1) is 0 Å². The molecule has 4 rings (SSSR count). The summed E-state index contributed by atoms with van der Waals surface area (Å²) in [6.45, 7) is 11.2. The van der Waals surface area contributed by atoms with Crippen molar-refractivity contribution in [2.75, 3.05) is 42.9 Å². The number of fused-ring (bicyclic) bond motifs is 1. The number of amides is 1. The molecule has 3 aromatic rings. The molecule has 0 radical (unpaired) electrons. The van der Waals surface area contributed by atoms with E-state index in [9.17, 15) is 4.79 Å². The van der Waals surface area contributed by atoms with Crippen LogP contribution in [0.4, 0.5) is 11.4 Å². The average Bonchev–Trinajstić information content (AvgIpc) is 3.08. The van der Waals surface area contributed by atoms with Crippen LogP contribution in [-0.2, 0) is 18.3 Å². The zero-order valence-electron chi connectivity index (χ0n) is 19.1. The highest BCUT2D eigenvalue weighted by Crippen LogP contribution is 2.21. The number of aromatic nitrogens is 2. The van der Waals surface area contributed by atoms with Gasteiger partial charge in [0.2, 0.25) is 5.91 Å². The van der Waals surface area contributed by atoms with Crippen molar-refractivity contribution in [2.45, 2.75) is 27.2 Å². The molecule has 6 heteroatoms. The minimum Gasteiger partial charge on any atom is -0.369 e. The zero-order chi connectivity index (χ0) is 22.0. The van der Waals surface area contributed by atoms with E-state index in [0.717, 1.165) is 61.7 Å². The first-order chi connectivity index (χ1) is 14.9. The smallest absolute Gasteiger partial charge is 0.226 e. The molecule has 1 amide bonds. The Kier molecular flexibility index (Phi) is 6.28. The van der Waals surface area contributed by atoms with Crippen LogP contribution in [0.2, 0.25) is 0 Å². The number of nitrogens with one attached hydrogen (secondary N) is 1. The van der Waals surface area contributed by atoms with Crippen molar-refractivity contribution in [3.63, 3.8) is 0 Å². The first-order valence-electron chi connectivity index (χ1n) is 11.2. The first-order valence-corrected chi connectivity index (χ1v) is 11.2. The van der Waals surface area contributed by atoms with Crippen molar-refractivity contribution in [1.29, 1.82) is 0 Å². The van der Waals surface area contributed by atoms with Crippen LogP contribution in [0.5, 0.6) is 0 Å². The number of carbonyl (C=O) groups is 1. The van der Waals surface area contributed by atoms with E-state index < -0.39 is 0 Å². The van der Waals surface area contributed by atoms with Crippen molar-refractivity contribution < 1.29 is 4.79 Å². The predicted molar refractivity (Wildman–Crippen MR) is 128 cm³/mol. The third-order valence-electron chi connectivity index (χ3n) is 6.19. The van der Waals surface area contributed by atoms with Gasteiger partial charge in [0.05, 0.1) is 11.0 Å². The van der Waals surface area contributed by atoms with Crippen molar-refractivity contribution in [3.8, 4) is 0 Å². The van der Waals surface area contributed by atoms with E-state index in [1.165, 1.54) is 11.3 Å². The Morgan fingerprint density at radius 2 is 1.77 bits per heavy atom. The number of piperazine rings is 1. The van der Waals surface area contributed by atoms with Crippen LogP contribution >= 0.6 is 0 Å². The fraction of sp³-hybridized carbons (Fsp3) is 0.440. The number of hydrogen-bond acceptors (Lipinski definition) is 4. The lowest BCUT2D eigenvalue weighted by molar-refractivity contribution is -0.118. The van der Waals surface area contributed by atoms with E-state index in [0.29, 0.717) is 0 Å². The van der Waals surface area contributed by atoms with Gasteiger partial charge in [0, 0.05) is 63.5 Å². The number of nitrogens with zero attached hydrogens (tertiary/aromatic N) is 4. The van der Waals surface area contributed by atoms with Gasteiger partial charge in [0.1, 0.15) is 5.82 Å². The Morgan fingerprint density at radius 3 is 2.45 bits per heavy atom. The largest absolute Gasteiger partial charge is 0.369 e. The summed E-state index contributed by atoms with van der Waals surface area (Å²) >= 11 is 0. The van der Waals surface area contributed by atoms with Crippen LogP contribution in [0.15, 0.2) is 42.5 Å².